The van der Waals surface area contributed by atoms with Crippen LogP contribution in [0.2, 0.25) is 0 Å². The Bertz CT molecular complexity index is 834. The van der Waals surface area contributed by atoms with Crippen LogP contribution in [0, 0.1) is 0 Å². The lowest BCUT2D eigenvalue weighted by atomic mass is 10.2. The van der Waals surface area contributed by atoms with E-state index >= 15 is 0 Å². The maximum Gasteiger partial charge on any atom is 0.319 e. The number of urea groups is 1. The third-order valence-corrected chi connectivity index (χ3v) is 3.38. The molecule has 0 unspecified atom stereocenters. The number of carbonyl (C=O) groups is 1. The van der Waals surface area contributed by atoms with E-state index in [-0.39, 0.29) is 12.6 Å². The van der Waals surface area contributed by atoms with E-state index in [9.17, 15) is 4.79 Å². The molecule has 0 spiro atoms. The predicted molar refractivity (Wildman–Crippen MR) is 93.2 cm³/mol. The minimum atomic E-state index is -0.358. The van der Waals surface area contributed by atoms with Crippen molar-refractivity contribution in [2.75, 3.05) is 11.9 Å². The van der Waals surface area contributed by atoms with Crippen LogP contribution in [0.4, 0.5) is 10.5 Å². The van der Waals surface area contributed by atoms with E-state index in [1.165, 1.54) is 0 Å². The zero-order chi connectivity index (χ0) is 17.5. The second-order valence-electron chi connectivity index (χ2n) is 5.07. The number of rotatable bonds is 6. The van der Waals surface area contributed by atoms with Crippen molar-refractivity contribution in [2.24, 2.45) is 0 Å². The molecule has 0 radical (unpaired) electrons. The van der Waals surface area contributed by atoms with Crippen molar-refractivity contribution in [3.05, 3.63) is 60.7 Å². The van der Waals surface area contributed by atoms with Crippen LogP contribution >= 0.6 is 0 Å². The van der Waals surface area contributed by atoms with Crippen LogP contribution in [0.5, 0.6) is 5.75 Å². The summed E-state index contributed by atoms with van der Waals surface area (Å²) in [7, 11) is 0. The number of hydrogen-bond acceptors (Lipinski definition) is 5. The lowest BCUT2D eigenvalue weighted by Gasteiger charge is -2.12. The molecular weight excluding hydrogens is 320 g/mol. The molecule has 0 aliphatic carbocycles. The molecule has 0 aliphatic rings. The topological polar surface area (TPSA) is 89.3 Å². The standard InChI is InChI=1S/C18H18N4O3/c1-2-24-15-7-4-3-6-13(15)22-18(23)21-12-14-17(20-10-9-19-14)16-8-5-11-25-16/h3-11H,2,12H2,1H3,(H2,21,22,23). The van der Waals surface area contributed by atoms with Gasteiger partial charge in [0.25, 0.3) is 0 Å². The first-order chi connectivity index (χ1) is 12.3. The Hall–Kier alpha value is -3.35. The van der Waals surface area contributed by atoms with Crippen molar-refractivity contribution >= 4 is 11.7 Å². The van der Waals surface area contributed by atoms with E-state index in [1.54, 1.807) is 42.9 Å². The molecule has 0 atom stereocenters. The molecule has 3 aromatic rings. The highest BCUT2D eigenvalue weighted by molar-refractivity contribution is 5.90. The van der Waals surface area contributed by atoms with E-state index in [0.717, 1.165) is 0 Å². The molecule has 2 N–H and O–H groups in total. The molecule has 7 nitrogen and oxygen atoms in total. The highest BCUT2D eigenvalue weighted by atomic mass is 16.5. The maximum atomic E-state index is 12.2. The van der Waals surface area contributed by atoms with Crippen LogP contribution in [0.15, 0.2) is 59.5 Å². The van der Waals surface area contributed by atoms with Gasteiger partial charge in [-0.3, -0.25) is 4.98 Å². The fourth-order valence-electron chi connectivity index (χ4n) is 2.30. The number of aromatic nitrogens is 2. The summed E-state index contributed by atoms with van der Waals surface area (Å²) in [6.45, 7) is 2.63. The molecule has 0 aliphatic heterocycles. The number of benzene rings is 1. The largest absolute Gasteiger partial charge is 0.492 e. The third-order valence-electron chi connectivity index (χ3n) is 3.38. The van der Waals surface area contributed by atoms with E-state index in [0.29, 0.717) is 35.2 Å². The zero-order valence-corrected chi connectivity index (χ0v) is 13.7. The zero-order valence-electron chi connectivity index (χ0n) is 13.7. The quantitative estimate of drug-likeness (QED) is 0.718. The van der Waals surface area contributed by atoms with Crippen LogP contribution in [0.1, 0.15) is 12.6 Å². The molecule has 0 saturated carbocycles. The number of carbonyl (C=O) groups excluding carboxylic acids is 1. The molecule has 0 bridgehead atoms. The highest BCUT2D eigenvalue weighted by Crippen LogP contribution is 2.23. The lowest BCUT2D eigenvalue weighted by molar-refractivity contribution is 0.251. The van der Waals surface area contributed by atoms with Crippen molar-refractivity contribution in [3.8, 4) is 17.2 Å². The molecule has 2 heterocycles. The summed E-state index contributed by atoms with van der Waals surface area (Å²) in [4.78, 5) is 20.7. The first kappa shape index (κ1) is 16.5. The van der Waals surface area contributed by atoms with Crippen molar-refractivity contribution < 1.29 is 13.9 Å². The molecule has 7 heteroatoms. The summed E-state index contributed by atoms with van der Waals surface area (Å²) in [6, 6.07) is 10.5. The Kier molecular flexibility index (Phi) is 5.26. The smallest absolute Gasteiger partial charge is 0.319 e. The van der Waals surface area contributed by atoms with Crippen molar-refractivity contribution in [2.45, 2.75) is 13.5 Å². The van der Waals surface area contributed by atoms with Crippen molar-refractivity contribution in [1.82, 2.24) is 15.3 Å². The van der Waals surface area contributed by atoms with E-state index in [2.05, 4.69) is 20.6 Å². The Morgan fingerprint density at radius 2 is 2.00 bits per heavy atom. The molecule has 0 saturated heterocycles. The number of amides is 2. The van der Waals surface area contributed by atoms with Crippen LogP contribution in [0.3, 0.4) is 0 Å². The summed E-state index contributed by atoms with van der Waals surface area (Å²) in [6.07, 6.45) is 4.73. The maximum absolute atomic E-state index is 12.2. The monoisotopic (exact) mass is 338 g/mol. The number of furan rings is 1. The van der Waals surface area contributed by atoms with Crippen molar-refractivity contribution in [3.63, 3.8) is 0 Å². The van der Waals surface area contributed by atoms with Gasteiger partial charge in [0.1, 0.15) is 11.4 Å². The molecule has 0 fully saturated rings. The van der Waals surface area contributed by atoms with Gasteiger partial charge in [0, 0.05) is 12.4 Å². The summed E-state index contributed by atoms with van der Waals surface area (Å²) in [5, 5.41) is 5.54. The fourth-order valence-corrected chi connectivity index (χ4v) is 2.30. The van der Waals surface area contributed by atoms with Gasteiger partial charge in [-0.25, -0.2) is 9.78 Å². The first-order valence-corrected chi connectivity index (χ1v) is 7.88. The Morgan fingerprint density at radius 3 is 2.80 bits per heavy atom. The summed E-state index contributed by atoms with van der Waals surface area (Å²) in [5.41, 5.74) is 1.82. The van der Waals surface area contributed by atoms with Gasteiger partial charge in [-0.15, -0.1) is 0 Å². The lowest BCUT2D eigenvalue weighted by Crippen LogP contribution is -2.29. The summed E-state index contributed by atoms with van der Waals surface area (Å²) in [5.74, 6) is 1.22. The SMILES string of the molecule is CCOc1ccccc1NC(=O)NCc1nccnc1-c1ccco1. The molecule has 1 aromatic carbocycles. The minimum Gasteiger partial charge on any atom is -0.492 e. The third kappa shape index (κ3) is 4.14. The van der Waals surface area contributed by atoms with Crippen molar-refractivity contribution in [1.29, 1.82) is 0 Å². The number of anilines is 1. The molecule has 128 valence electrons. The van der Waals surface area contributed by atoms with Gasteiger partial charge in [-0.2, -0.15) is 0 Å². The van der Waals surface area contributed by atoms with Gasteiger partial charge in [-0.1, -0.05) is 12.1 Å². The van der Waals surface area contributed by atoms with Gasteiger partial charge in [0.2, 0.25) is 0 Å². The summed E-state index contributed by atoms with van der Waals surface area (Å²) < 4.78 is 10.8. The van der Waals surface area contributed by atoms with Gasteiger partial charge in [0.05, 0.1) is 30.8 Å². The Labute approximate surface area is 145 Å². The van der Waals surface area contributed by atoms with Crippen LogP contribution in [0.25, 0.3) is 11.5 Å². The molecule has 2 aromatic heterocycles. The van der Waals surface area contributed by atoms with Crippen LogP contribution in [-0.2, 0) is 6.54 Å². The van der Waals surface area contributed by atoms with Gasteiger partial charge >= 0.3 is 6.03 Å². The Balaban J connectivity index is 1.66. The van der Waals surface area contributed by atoms with Gasteiger partial charge in [-0.05, 0) is 31.2 Å². The normalized spacial score (nSPS) is 10.3. The van der Waals surface area contributed by atoms with E-state index in [4.69, 9.17) is 9.15 Å². The minimum absolute atomic E-state index is 0.215. The second kappa shape index (κ2) is 7.96. The number of para-hydroxylation sites is 2. The van der Waals surface area contributed by atoms with Crippen LogP contribution < -0.4 is 15.4 Å². The molecule has 2 amide bonds. The van der Waals surface area contributed by atoms with Gasteiger partial charge in [0.15, 0.2) is 5.76 Å². The van der Waals surface area contributed by atoms with Gasteiger partial charge < -0.3 is 19.8 Å². The number of nitrogens with one attached hydrogen (secondary N) is 2. The predicted octanol–water partition coefficient (Wildman–Crippen LogP) is 3.46. The molecular formula is C18H18N4O3. The van der Waals surface area contributed by atoms with E-state index < -0.39 is 0 Å². The number of ether oxygens (including phenoxy) is 1. The van der Waals surface area contributed by atoms with Crippen LogP contribution in [-0.4, -0.2) is 22.6 Å². The Morgan fingerprint density at radius 1 is 1.16 bits per heavy atom. The number of nitrogens with zero attached hydrogens (tertiary/aromatic N) is 2. The molecule has 3 rings (SSSR count). The molecule has 25 heavy (non-hydrogen) atoms. The average Bonchev–Trinajstić information content (AvgIpc) is 3.17. The fraction of sp³-hybridized carbons (Fsp3) is 0.167. The summed E-state index contributed by atoms with van der Waals surface area (Å²) >= 11 is 0. The van der Waals surface area contributed by atoms with E-state index in [1.807, 2.05) is 19.1 Å². The average molecular weight is 338 g/mol. The first-order valence-electron chi connectivity index (χ1n) is 7.88. The number of hydrogen-bond donors (Lipinski definition) is 2. The highest BCUT2D eigenvalue weighted by Gasteiger charge is 2.12. The second-order valence-corrected chi connectivity index (χ2v) is 5.07.